The zero-order valence-electron chi connectivity index (χ0n) is 22.5. The summed E-state index contributed by atoms with van der Waals surface area (Å²) in [7, 11) is 0. The van der Waals surface area contributed by atoms with E-state index in [9.17, 15) is 15.0 Å². The molecule has 0 saturated carbocycles. The maximum absolute atomic E-state index is 13.6. The van der Waals surface area contributed by atoms with Gasteiger partial charge in [-0.2, -0.15) is 0 Å². The van der Waals surface area contributed by atoms with Crippen LogP contribution in [0.1, 0.15) is 50.4 Å². The molecule has 2 aliphatic heterocycles. The number of nitrogens with one attached hydrogen (secondary N) is 1. The van der Waals surface area contributed by atoms with Crippen molar-refractivity contribution < 1.29 is 14.9 Å². The second-order valence-electron chi connectivity index (χ2n) is 10.8. The van der Waals surface area contributed by atoms with E-state index in [-0.39, 0.29) is 30.2 Å². The molecule has 0 bridgehead atoms. The van der Waals surface area contributed by atoms with E-state index in [0.29, 0.717) is 69.8 Å². The van der Waals surface area contributed by atoms with Gasteiger partial charge in [-0.05, 0) is 52.6 Å². The van der Waals surface area contributed by atoms with Gasteiger partial charge in [-0.3, -0.25) is 9.69 Å². The molecule has 1 aromatic carbocycles. The minimum absolute atomic E-state index is 0.0115. The molecule has 2 fully saturated rings. The highest BCUT2D eigenvalue weighted by Crippen LogP contribution is 2.38. The summed E-state index contributed by atoms with van der Waals surface area (Å²) in [6.45, 7) is 8.77. The summed E-state index contributed by atoms with van der Waals surface area (Å²) < 4.78 is 7.45. The number of fused-ring (bicyclic) bond motifs is 1. The highest BCUT2D eigenvalue weighted by molar-refractivity contribution is 6.39. The monoisotopic (exact) mass is 575 g/mol. The maximum Gasteiger partial charge on any atom is 0.223 e. The van der Waals surface area contributed by atoms with Crippen LogP contribution in [0.3, 0.4) is 0 Å². The summed E-state index contributed by atoms with van der Waals surface area (Å²) in [6.07, 6.45) is 2.81. The fourth-order valence-corrected chi connectivity index (χ4v) is 6.19. The van der Waals surface area contributed by atoms with Gasteiger partial charge in [0.2, 0.25) is 5.95 Å². The zero-order valence-corrected chi connectivity index (χ0v) is 24.0. The third-order valence-corrected chi connectivity index (χ3v) is 8.34. The van der Waals surface area contributed by atoms with Crippen LogP contribution >= 0.6 is 23.2 Å². The molecular formula is C28H35Cl2N5O4. The van der Waals surface area contributed by atoms with Crippen LogP contribution in [0.5, 0.6) is 0 Å². The number of pyridine rings is 1. The number of rotatable bonds is 6. The molecule has 0 radical (unpaired) electrons. The lowest BCUT2D eigenvalue weighted by atomic mass is 10.0. The maximum atomic E-state index is 13.6. The van der Waals surface area contributed by atoms with Crippen molar-refractivity contribution in [3.8, 4) is 11.3 Å². The van der Waals surface area contributed by atoms with E-state index in [1.54, 1.807) is 12.1 Å². The first-order valence-corrected chi connectivity index (χ1v) is 14.2. The topological polar surface area (TPSA) is 113 Å². The molecule has 39 heavy (non-hydrogen) atoms. The van der Waals surface area contributed by atoms with E-state index < -0.39 is 6.10 Å². The Kier molecular flexibility index (Phi) is 8.47. The highest BCUT2D eigenvalue weighted by atomic mass is 35.5. The Bertz CT molecular complexity index is 1430. The van der Waals surface area contributed by atoms with Gasteiger partial charge in [0, 0.05) is 47.9 Å². The minimum Gasteiger partial charge on any atom is -0.392 e. The van der Waals surface area contributed by atoms with Crippen molar-refractivity contribution in [1.82, 2.24) is 19.4 Å². The van der Waals surface area contributed by atoms with Crippen molar-refractivity contribution >= 4 is 40.1 Å². The van der Waals surface area contributed by atoms with Crippen LogP contribution in [0, 0.1) is 6.92 Å². The number of likely N-dealkylation sites (tertiary alicyclic amines) is 1. The number of anilines is 1. The summed E-state index contributed by atoms with van der Waals surface area (Å²) in [5, 5.41) is 24.9. The number of hydrogen-bond donors (Lipinski definition) is 3. The summed E-state index contributed by atoms with van der Waals surface area (Å²) in [5.74, 6) is 0.325. The Hall–Kier alpha value is -2.27. The fourth-order valence-electron chi connectivity index (χ4n) is 5.65. The van der Waals surface area contributed by atoms with Gasteiger partial charge < -0.3 is 24.8 Å². The predicted molar refractivity (Wildman–Crippen MR) is 154 cm³/mol. The molecule has 3 N–H and O–H groups in total. The first-order valence-electron chi connectivity index (χ1n) is 13.5. The van der Waals surface area contributed by atoms with Gasteiger partial charge >= 0.3 is 0 Å². The van der Waals surface area contributed by atoms with Crippen LogP contribution in [0.25, 0.3) is 22.2 Å². The number of benzene rings is 1. The van der Waals surface area contributed by atoms with Gasteiger partial charge in [0.15, 0.2) is 5.43 Å². The van der Waals surface area contributed by atoms with Crippen LogP contribution in [-0.4, -0.2) is 74.2 Å². The molecular weight excluding hydrogens is 541 g/mol. The van der Waals surface area contributed by atoms with Gasteiger partial charge in [-0.25, -0.2) is 9.97 Å². The Morgan fingerprint density at radius 1 is 1.23 bits per heavy atom. The SMILES string of the molecule is Cc1c(CN2CCC[C@H](O)C2)n(C(C)C)c2c(Cl)c(-c3nc(N[C@@H]4CCOC[C@H]4O)ncc3Cl)ccc2c1=O. The Morgan fingerprint density at radius 2 is 2.03 bits per heavy atom. The summed E-state index contributed by atoms with van der Waals surface area (Å²) >= 11 is 13.7. The predicted octanol–water partition coefficient (Wildman–Crippen LogP) is 4.17. The molecule has 3 aromatic rings. The summed E-state index contributed by atoms with van der Waals surface area (Å²) in [6, 6.07) is 3.33. The molecule has 3 atom stereocenters. The van der Waals surface area contributed by atoms with E-state index in [2.05, 4.69) is 38.6 Å². The molecule has 5 rings (SSSR count). The van der Waals surface area contributed by atoms with Crippen LogP contribution in [0.4, 0.5) is 5.95 Å². The standard InChI is InChI=1S/C28H35Cl2N5O4/c1-15(2)35-22(13-34-9-4-5-17(36)12-34)16(3)27(38)19-7-6-18(24(30)26(19)35)25-20(29)11-31-28(33-25)32-21-8-10-39-14-23(21)37/h6-7,11,15,17,21,23,36-37H,4-5,8-10,12-14H2,1-3H3,(H,31,32,33)/t17-,21+,23+/m0/s1. The second-order valence-corrected chi connectivity index (χ2v) is 11.6. The number of aromatic nitrogens is 3. The quantitative estimate of drug-likeness (QED) is 0.401. The molecule has 0 spiro atoms. The van der Waals surface area contributed by atoms with Crippen molar-refractivity contribution in [1.29, 1.82) is 0 Å². The van der Waals surface area contributed by atoms with Gasteiger partial charge in [-0.15, -0.1) is 0 Å². The molecule has 0 unspecified atom stereocenters. The molecule has 2 saturated heterocycles. The van der Waals surface area contributed by atoms with Gasteiger partial charge in [0.1, 0.15) is 0 Å². The number of hydrogen-bond acceptors (Lipinski definition) is 8. The Labute approximate surface area is 237 Å². The lowest BCUT2D eigenvalue weighted by molar-refractivity contribution is -0.0136. The summed E-state index contributed by atoms with van der Waals surface area (Å²) in [4.78, 5) is 24.7. The van der Waals surface area contributed by atoms with Gasteiger partial charge in [0.25, 0.3) is 0 Å². The average molecular weight is 577 g/mol. The van der Waals surface area contributed by atoms with Crippen LogP contribution in [0.15, 0.2) is 23.1 Å². The molecule has 0 aliphatic carbocycles. The number of ether oxygens (including phenoxy) is 1. The minimum atomic E-state index is -0.672. The number of aliphatic hydroxyl groups excluding tert-OH is 2. The van der Waals surface area contributed by atoms with Crippen molar-refractivity contribution in [2.75, 3.05) is 31.6 Å². The normalized spacial score (nSPS) is 22.5. The molecule has 2 aliphatic rings. The van der Waals surface area contributed by atoms with Crippen molar-refractivity contribution in [2.24, 2.45) is 0 Å². The van der Waals surface area contributed by atoms with Gasteiger partial charge in [0.05, 0.1) is 52.3 Å². The molecule has 11 heteroatoms. The lowest BCUT2D eigenvalue weighted by Gasteiger charge is -2.32. The highest BCUT2D eigenvalue weighted by Gasteiger charge is 2.27. The summed E-state index contributed by atoms with van der Waals surface area (Å²) in [5.41, 5.74) is 3.17. The average Bonchev–Trinajstić information content (AvgIpc) is 2.90. The van der Waals surface area contributed by atoms with E-state index in [0.717, 1.165) is 25.1 Å². The van der Waals surface area contributed by atoms with Crippen molar-refractivity contribution in [3.63, 3.8) is 0 Å². The first kappa shape index (κ1) is 28.3. The second kappa shape index (κ2) is 11.7. The molecule has 9 nitrogen and oxygen atoms in total. The Balaban J connectivity index is 1.62. The molecule has 2 aromatic heterocycles. The lowest BCUT2D eigenvalue weighted by Crippen LogP contribution is -2.42. The van der Waals surface area contributed by atoms with Crippen LogP contribution < -0.4 is 10.7 Å². The number of aliphatic hydroxyl groups is 2. The molecule has 210 valence electrons. The molecule has 0 amide bonds. The first-order chi connectivity index (χ1) is 18.7. The largest absolute Gasteiger partial charge is 0.392 e. The van der Waals surface area contributed by atoms with E-state index in [1.165, 1.54) is 6.20 Å². The fraction of sp³-hybridized carbons (Fsp3) is 0.536. The number of nitrogens with zero attached hydrogens (tertiary/aromatic N) is 4. The number of β-amino-alcohol motifs (C(OH)–C–C–N with tert-alkyl or cyclic N) is 1. The molecule has 4 heterocycles. The number of piperidine rings is 1. The number of halogens is 2. The third kappa shape index (κ3) is 5.66. The third-order valence-electron chi connectivity index (χ3n) is 7.68. The van der Waals surface area contributed by atoms with Gasteiger partial charge in [-0.1, -0.05) is 29.3 Å². The van der Waals surface area contributed by atoms with Crippen molar-refractivity contribution in [3.05, 3.63) is 49.9 Å². The zero-order chi connectivity index (χ0) is 27.8. The van der Waals surface area contributed by atoms with E-state index in [4.69, 9.17) is 27.9 Å². The smallest absolute Gasteiger partial charge is 0.223 e. The van der Waals surface area contributed by atoms with Crippen LogP contribution in [0.2, 0.25) is 10.0 Å². The van der Waals surface area contributed by atoms with E-state index in [1.807, 2.05) is 6.92 Å². The van der Waals surface area contributed by atoms with Crippen LogP contribution in [-0.2, 0) is 11.3 Å². The Morgan fingerprint density at radius 3 is 2.74 bits per heavy atom. The van der Waals surface area contributed by atoms with E-state index >= 15 is 0 Å². The van der Waals surface area contributed by atoms with Crippen molar-refractivity contribution in [2.45, 2.75) is 70.9 Å².